The van der Waals surface area contributed by atoms with Crippen LogP contribution in [0.3, 0.4) is 0 Å². The zero-order valence-corrected chi connectivity index (χ0v) is 12.3. The minimum atomic E-state index is 0.295. The maximum atomic E-state index is 6.17. The first-order chi connectivity index (χ1) is 9.04. The summed E-state index contributed by atoms with van der Waals surface area (Å²) in [6, 6.07) is 11.7. The lowest BCUT2D eigenvalue weighted by Crippen LogP contribution is -2.54. The Bertz CT molecular complexity index is 409. The molecule has 0 amide bonds. The molecule has 19 heavy (non-hydrogen) atoms. The van der Waals surface area contributed by atoms with E-state index >= 15 is 0 Å². The molecule has 2 heterocycles. The van der Waals surface area contributed by atoms with E-state index in [4.69, 9.17) is 4.74 Å². The molecule has 2 fully saturated rings. The first-order valence-corrected chi connectivity index (χ1v) is 7.54. The molecular formula is C17H25NO. The molecule has 0 radical (unpaired) electrons. The van der Waals surface area contributed by atoms with Crippen LogP contribution in [0.2, 0.25) is 0 Å². The molecule has 104 valence electrons. The fourth-order valence-electron chi connectivity index (χ4n) is 4.01. The molecule has 2 bridgehead atoms. The molecule has 2 aliphatic heterocycles. The van der Waals surface area contributed by atoms with E-state index in [-0.39, 0.29) is 0 Å². The number of ether oxygens (including phenoxy) is 1. The number of fused-ring (bicyclic) bond motifs is 2. The van der Waals surface area contributed by atoms with Crippen molar-refractivity contribution in [1.29, 1.82) is 0 Å². The molecule has 0 spiro atoms. The summed E-state index contributed by atoms with van der Waals surface area (Å²) in [5, 5.41) is 0. The number of piperidine rings is 1. The molecule has 2 unspecified atom stereocenters. The zero-order chi connectivity index (χ0) is 13.5. The number of para-hydroxylation sites is 1. The van der Waals surface area contributed by atoms with Crippen LogP contribution >= 0.6 is 0 Å². The molecule has 2 saturated heterocycles. The molecule has 2 nitrogen and oxygen atoms in total. The van der Waals surface area contributed by atoms with Gasteiger partial charge in [-0.2, -0.15) is 0 Å². The van der Waals surface area contributed by atoms with E-state index in [2.05, 4.69) is 37.8 Å². The smallest absolute Gasteiger partial charge is 0.119 e. The molecule has 2 atom stereocenters. The van der Waals surface area contributed by atoms with Crippen molar-refractivity contribution in [2.24, 2.45) is 0 Å². The highest BCUT2D eigenvalue weighted by molar-refractivity contribution is 5.21. The second kappa shape index (κ2) is 4.82. The van der Waals surface area contributed by atoms with Crippen LogP contribution in [0.4, 0.5) is 0 Å². The lowest BCUT2D eigenvalue weighted by Gasteiger charge is -2.46. The largest absolute Gasteiger partial charge is 0.490 e. The second-order valence-electron chi connectivity index (χ2n) is 6.99. The quantitative estimate of drug-likeness (QED) is 0.799. The van der Waals surface area contributed by atoms with Gasteiger partial charge in [0.25, 0.3) is 0 Å². The Morgan fingerprint density at radius 1 is 1.00 bits per heavy atom. The fraction of sp³-hybridized carbons (Fsp3) is 0.647. The van der Waals surface area contributed by atoms with Gasteiger partial charge in [-0.3, -0.25) is 4.90 Å². The summed E-state index contributed by atoms with van der Waals surface area (Å²) in [6.45, 7) is 7.03. The summed E-state index contributed by atoms with van der Waals surface area (Å²) in [7, 11) is 0. The number of rotatable bonds is 2. The van der Waals surface area contributed by atoms with Gasteiger partial charge in [-0.05, 0) is 58.6 Å². The van der Waals surface area contributed by atoms with Crippen LogP contribution in [0.5, 0.6) is 5.75 Å². The van der Waals surface area contributed by atoms with E-state index in [0.717, 1.165) is 5.75 Å². The van der Waals surface area contributed by atoms with Crippen molar-refractivity contribution in [3.05, 3.63) is 30.3 Å². The van der Waals surface area contributed by atoms with E-state index in [1.807, 2.05) is 18.2 Å². The number of hydrogen-bond donors (Lipinski definition) is 0. The van der Waals surface area contributed by atoms with Crippen LogP contribution < -0.4 is 4.74 Å². The summed E-state index contributed by atoms with van der Waals surface area (Å²) in [6.07, 6.45) is 5.46. The second-order valence-corrected chi connectivity index (χ2v) is 6.99. The normalized spacial score (nSPS) is 31.4. The molecule has 1 aromatic carbocycles. The van der Waals surface area contributed by atoms with Gasteiger partial charge in [0.2, 0.25) is 0 Å². The van der Waals surface area contributed by atoms with E-state index in [1.54, 1.807) is 0 Å². The van der Waals surface area contributed by atoms with Gasteiger partial charge in [0, 0.05) is 17.6 Å². The Balaban J connectivity index is 1.68. The molecule has 2 heteroatoms. The molecular weight excluding hydrogens is 234 g/mol. The van der Waals surface area contributed by atoms with Crippen LogP contribution in [-0.2, 0) is 0 Å². The lowest BCUT2D eigenvalue weighted by molar-refractivity contribution is -0.00509. The predicted octanol–water partition coefficient (Wildman–Crippen LogP) is 3.86. The van der Waals surface area contributed by atoms with E-state index in [9.17, 15) is 0 Å². The summed E-state index contributed by atoms with van der Waals surface area (Å²) in [5.74, 6) is 1.02. The topological polar surface area (TPSA) is 12.5 Å². The van der Waals surface area contributed by atoms with Crippen molar-refractivity contribution in [3.63, 3.8) is 0 Å². The summed E-state index contributed by atoms with van der Waals surface area (Å²) in [4.78, 5) is 2.73. The first kappa shape index (κ1) is 13.0. The highest BCUT2D eigenvalue weighted by Gasteiger charge is 2.45. The van der Waals surface area contributed by atoms with Crippen LogP contribution in [0.25, 0.3) is 0 Å². The Morgan fingerprint density at radius 3 is 2.11 bits per heavy atom. The van der Waals surface area contributed by atoms with Crippen molar-refractivity contribution >= 4 is 0 Å². The molecule has 1 aromatic rings. The lowest BCUT2D eigenvalue weighted by atomic mass is 9.93. The van der Waals surface area contributed by atoms with Gasteiger partial charge in [0.1, 0.15) is 11.9 Å². The fourth-order valence-corrected chi connectivity index (χ4v) is 4.01. The maximum Gasteiger partial charge on any atom is 0.119 e. The summed E-state index contributed by atoms with van der Waals surface area (Å²) < 4.78 is 6.17. The van der Waals surface area contributed by atoms with Gasteiger partial charge < -0.3 is 4.74 Å². The number of hydrogen-bond acceptors (Lipinski definition) is 2. The Hall–Kier alpha value is -1.02. The van der Waals surface area contributed by atoms with E-state index in [0.29, 0.717) is 23.7 Å². The minimum absolute atomic E-state index is 0.295. The Kier molecular flexibility index (Phi) is 3.30. The van der Waals surface area contributed by atoms with Gasteiger partial charge >= 0.3 is 0 Å². The molecule has 3 rings (SSSR count). The third kappa shape index (κ3) is 2.64. The Labute approximate surface area is 116 Å². The standard InChI is InChI=1S/C17H25NO/c1-17(2,3)18-13-9-10-14(18)12-16(11-13)19-15-7-5-4-6-8-15/h4-8,13-14,16H,9-12H2,1-3H3. The van der Waals surface area contributed by atoms with Crippen LogP contribution in [0.15, 0.2) is 30.3 Å². The van der Waals surface area contributed by atoms with Gasteiger partial charge in [0.05, 0.1) is 0 Å². The molecule has 0 aromatic heterocycles. The average molecular weight is 259 g/mol. The van der Waals surface area contributed by atoms with Gasteiger partial charge in [-0.25, -0.2) is 0 Å². The van der Waals surface area contributed by atoms with Gasteiger partial charge in [-0.15, -0.1) is 0 Å². The third-order valence-corrected chi connectivity index (χ3v) is 4.51. The monoisotopic (exact) mass is 259 g/mol. The predicted molar refractivity (Wildman–Crippen MR) is 78.5 cm³/mol. The zero-order valence-electron chi connectivity index (χ0n) is 12.3. The van der Waals surface area contributed by atoms with Crippen LogP contribution in [0.1, 0.15) is 46.5 Å². The molecule has 2 aliphatic rings. The van der Waals surface area contributed by atoms with Gasteiger partial charge in [-0.1, -0.05) is 18.2 Å². The summed E-state index contributed by atoms with van der Waals surface area (Å²) in [5.41, 5.74) is 0.295. The van der Waals surface area contributed by atoms with Crippen molar-refractivity contribution in [1.82, 2.24) is 4.90 Å². The molecule has 0 saturated carbocycles. The molecule has 0 aliphatic carbocycles. The molecule has 0 N–H and O–H groups in total. The minimum Gasteiger partial charge on any atom is -0.490 e. The maximum absolute atomic E-state index is 6.17. The van der Waals surface area contributed by atoms with E-state index < -0.39 is 0 Å². The van der Waals surface area contributed by atoms with Crippen molar-refractivity contribution in [2.75, 3.05) is 0 Å². The Morgan fingerprint density at radius 2 is 1.58 bits per heavy atom. The number of benzene rings is 1. The van der Waals surface area contributed by atoms with Crippen molar-refractivity contribution in [2.45, 2.75) is 70.2 Å². The van der Waals surface area contributed by atoms with Gasteiger partial charge in [0.15, 0.2) is 0 Å². The van der Waals surface area contributed by atoms with Crippen LogP contribution in [-0.4, -0.2) is 28.6 Å². The SMILES string of the molecule is CC(C)(C)N1C2CCC1CC(Oc1ccccc1)C2. The van der Waals surface area contributed by atoms with Crippen molar-refractivity contribution in [3.8, 4) is 5.75 Å². The van der Waals surface area contributed by atoms with Crippen LogP contribution in [0, 0.1) is 0 Å². The highest BCUT2D eigenvalue weighted by Crippen LogP contribution is 2.41. The van der Waals surface area contributed by atoms with Crippen molar-refractivity contribution < 1.29 is 4.74 Å². The first-order valence-electron chi connectivity index (χ1n) is 7.54. The average Bonchev–Trinajstić information content (AvgIpc) is 2.64. The number of nitrogens with zero attached hydrogens (tertiary/aromatic N) is 1. The highest BCUT2D eigenvalue weighted by atomic mass is 16.5. The third-order valence-electron chi connectivity index (χ3n) is 4.51. The van der Waals surface area contributed by atoms with E-state index in [1.165, 1.54) is 25.7 Å². The summed E-state index contributed by atoms with van der Waals surface area (Å²) >= 11 is 0.